The maximum absolute atomic E-state index is 13.6. The molecule has 0 heterocycles. The van der Waals surface area contributed by atoms with Crippen LogP contribution < -0.4 is 4.74 Å². The van der Waals surface area contributed by atoms with Gasteiger partial charge in [0, 0.05) is 0 Å². The Morgan fingerprint density at radius 1 is 1.43 bits per heavy atom. The largest absolute Gasteiger partial charge is 0.479 e. The monoisotopic (exact) mass is 320 g/mol. The van der Waals surface area contributed by atoms with Gasteiger partial charge in [0.25, 0.3) is 10.1 Å². The Balaban J connectivity index is 2.63. The van der Waals surface area contributed by atoms with Gasteiger partial charge in [0.05, 0.1) is 12.9 Å². The number of ether oxygens (including phenoxy) is 1. The van der Waals surface area contributed by atoms with Crippen LogP contribution in [0.2, 0.25) is 0 Å². The lowest BCUT2D eigenvalue weighted by atomic mass is 10.1. The maximum atomic E-state index is 13.6. The van der Waals surface area contributed by atoms with Crippen molar-refractivity contribution >= 4 is 16.1 Å². The summed E-state index contributed by atoms with van der Waals surface area (Å²) in [5, 5.41) is 8.74. The van der Waals surface area contributed by atoms with Crippen molar-refractivity contribution in [2.75, 3.05) is 12.9 Å². The van der Waals surface area contributed by atoms with Gasteiger partial charge in [-0.15, -0.1) is 0 Å². The third-order valence-corrected chi connectivity index (χ3v) is 3.16. The molecule has 0 aliphatic heterocycles. The third-order valence-electron chi connectivity index (χ3n) is 2.57. The zero-order chi connectivity index (χ0) is 16.0. The van der Waals surface area contributed by atoms with E-state index in [4.69, 9.17) is 9.84 Å². The van der Waals surface area contributed by atoms with Crippen LogP contribution in [0.5, 0.6) is 5.75 Å². The number of carbonyl (C=O) groups is 1. The van der Waals surface area contributed by atoms with E-state index in [1.807, 2.05) is 0 Å². The molecular weight excluding hydrogens is 303 g/mol. The van der Waals surface area contributed by atoms with Gasteiger partial charge in [-0.05, 0) is 43.5 Å². The Kier molecular flexibility index (Phi) is 6.10. The van der Waals surface area contributed by atoms with Crippen molar-refractivity contribution in [2.24, 2.45) is 0 Å². The first-order valence-corrected chi connectivity index (χ1v) is 8.03. The number of carboxylic acid groups (broad SMARTS) is 1. The molecule has 0 saturated heterocycles. The lowest BCUT2D eigenvalue weighted by Gasteiger charge is -2.12. The van der Waals surface area contributed by atoms with Gasteiger partial charge in [0.1, 0.15) is 11.6 Å². The van der Waals surface area contributed by atoms with Crippen molar-refractivity contribution in [3.8, 4) is 5.75 Å². The van der Waals surface area contributed by atoms with Crippen LogP contribution in [0.25, 0.3) is 0 Å². The van der Waals surface area contributed by atoms with Crippen LogP contribution in [0.15, 0.2) is 18.2 Å². The van der Waals surface area contributed by atoms with Gasteiger partial charge in [-0.1, -0.05) is 0 Å². The number of rotatable bonds is 8. The molecular formula is C13H17FO6S. The van der Waals surface area contributed by atoms with Crippen LogP contribution in [0.3, 0.4) is 0 Å². The molecule has 118 valence electrons. The Morgan fingerprint density at radius 3 is 2.67 bits per heavy atom. The Bertz CT molecular complexity index is 599. The zero-order valence-electron chi connectivity index (χ0n) is 11.7. The van der Waals surface area contributed by atoms with Gasteiger partial charge in [0.15, 0.2) is 6.10 Å². The molecule has 0 bridgehead atoms. The average molecular weight is 320 g/mol. The number of aliphatic carboxylic acids is 1. The predicted molar refractivity (Wildman–Crippen MR) is 73.2 cm³/mol. The molecule has 0 fully saturated rings. The molecule has 0 radical (unpaired) electrons. The van der Waals surface area contributed by atoms with E-state index >= 15 is 0 Å². The molecule has 8 heteroatoms. The first-order chi connectivity index (χ1) is 9.69. The summed E-state index contributed by atoms with van der Waals surface area (Å²) in [6, 6.07) is 3.91. The van der Waals surface area contributed by atoms with Crippen molar-refractivity contribution in [3.05, 3.63) is 29.6 Å². The van der Waals surface area contributed by atoms with E-state index < -0.39 is 28.0 Å². The van der Waals surface area contributed by atoms with Gasteiger partial charge >= 0.3 is 5.97 Å². The molecule has 1 atom stereocenters. The highest BCUT2D eigenvalue weighted by Crippen LogP contribution is 2.19. The molecule has 0 aromatic heterocycles. The van der Waals surface area contributed by atoms with Crippen molar-refractivity contribution in [1.29, 1.82) is 0 Å². The van der Waals surface area contributed by atoms with E-state index in [0.717, 1.165) is 6.26 Å². The van der Waals surface area contributed by atoms with Gasteiger partial charge in [0.2, 0.25) is 0 Å². The first-order valence-electron chi connectivity index (χ1n) is 6.21. The minimum absolute atomic E-state index is 0.0467. The van der Waals surface area contributed by atoms with Crippen LogP contribution >= 0.6 is 0 Å². The molecule has 21 heavy (non-hydrogen) atoms. The molecule has 1 aromatic rings. The van der Waals surface area contributed by atoms with Crippen LogP contribution in [-0.2, 0) is 25.5 Å². The SMILES string of the molecule is C[C@H](Oc1ccc(F)c(CCCOS(C)(=O)=O)c1)C(=O)O. The van der Waals surface area contributed by atoms with Gasteiger partial charge in [-0.25, -0.2) is 9.18 Å². The summed E-state index contributed by atoms with van der Waals surface area (Å²) in [5.41, 5.74) is 0.308. The quantitative estimate of drug-likeness (QED) is 0.578. The third kappa shape index (κ3) is 6.54. The number of benzene rings is 1. The number of halogens is 1. The van der Waals surface area contributed by atoms with Crippen molar-refractivity contribution in [3.63, 3.8) is 0 Å². The standard InChI is InChI=1S/C13H17FO6S/c1-9(13(15)16)20-11-5-6-12(14)10(8-11)4-3-7-19-21(2,17)18/h5-6,8-9H,3-4,7H2,1-2H3,(H,15,16)/t9-/m0/s1. The number of hydrogen-bond donors (Lipinski definition) is 1. The molecule has 0 aliphatic rings. The van der Waals surface area contributed by atoms with Crippen LogP contribution in [0, 0.1) is 5.82 Å². The zero-order valence-corrected chi connectivity index (χ0v) is 12.5. The first kappa shape index (κ1) is 17.4. The lowest BCUT2D eigenvalue weighted by molar-refractivity contribution is -0.144. The summed E-state index contributed by atoms with van der Waals surface area (Å²) >= 11 is 0. The van der Waals surface area contributed by atoms with E-state index in [9.17, 15) is 17.6 Å². The van der Waals surface area contributed by atoms with Gasteiger partial charge in [-0.2, -0.15) is 8.42 Å². The number of carboxylic acids is 1. The summed E-state index contributed by atoms with van der Waals surface area (Å²) in [4.78, 5) is 10.7. The van der Waals surface area contributed by atoms with E-state index in [-0.39, 0.29) is 18.8 Å². The molecule has 0 aliphatic carbocycles. The second-order valence-electron chi connectivity index (χ2n) is 4.48. The molecule has 1 aromatic carbocycles. The average Bonchev–Trinajstić information content (AvgIpc) is 2.36. The minimum Gasteiger partial charge on any atom is -0.479 e. The Labute approximate surface area is 122 Å². The van der Waals surface area contributed by atoms with E-state index in [1.54, 1.807) is 0 Å². The van der Waals surface area contributed by atoms with Crippen LogP contribution in [-0.4, -0.2) is 38.5 Å². The highest BCUT2D eigenvalue weighted by atomic mass is 32.2. The van der Waals surface area contributed by atoms with Crippen LogP contribution in [0.1, 0.15) is 18.9 Å². The van der Waals surface area contributed by atoms with Crippen molar-refractivity contribution < 1.29 is 31.6 Å². The van der Waals surface area contributed by atoms with Crippen molar-refractivity contribution in [2.45, 2.75) is 25.9 Å². The van der Waals surface area contributed by atoms with Crippen LogP contribution in [0.4, 0.5) is 4.39 Å². The maximum Gasteiger partial charge on any atom is 0.344 e. The minimum atomic E-state index is -3.51. The van der Waals surface area contributed by atoms with E-state index in [1.165, 1.54) is 25.1 Å². The van der Waals surface area contributed by atoms with Gasteiger partial charge < -0.3 is 9.84 Å². The lowest BCUT2D eigenvalue weighted by Crippen LogP contribution is -2.22. The molecule has 0 unspecified atom stereocenters. The fraction of sp³-hybridized carbons (Fsp3) is 0.462. The summed E-state index contributed by atoms with van der Waals surface area (Å²) in [5.74, 6) is -1.35. The molecule has 1 N–H and O–H groups in total. The van der Waals surface area contributed by atoms with E-state index in [0.29, 0.717) is 12.0 Å². The highest BCUT2D eigenvalue weighted by molar-refractivity contribution is 7.85. The Hall–Kier alpha value is -1.67. The molecule has 0 saturated carbocycles. The smallest absolute Gasteiger partial charge is 0.344 e. The Morgan fingerprint density at radius 2 is 2.10 bits per heavy atom. The highest BCUT2D eigenvalue weighted by Gasteiger charge is 2.13. The molecule has 0 spiro atoms. The fourth-order valence-electron chi connectivity index (χ4n) is 1.54. The summed E-state index contributed by atoms with van der Waals surface area (Å²) < 4.78 is 44.8. The summed E-state index contributed by atoms with van der Waals surface area (Å²) in [7, 11) is -3.51. The molecule has 0 amide bonds. The van der Waals surface area contributed by atoms with E-state index in [2.05, 4.69) is 4.18 Å². The second-order valence-corrected chi connectivity index (χ2v) is 6.13. The molecule has 1 rings (SSSR count). The number of aryl methyl sites for hydroxylation is 1. The predicted octanol–water partition coefficient (Wildman–Crippen LogP) is 1.59. The number of hydrogen-bond acceptors (Lipinski definition) is 5. The second kappa shape index (κ2) is 7.37. The molecule has 6 nitrogen and oxygen atoms in total. The summed E-state index contributed by atoms with van der Waals surface area (Å²) in [6.45, 7) is 1.32. The fourth-order valence-corrected chi connectivity index (χ4v) is 1.96. The van der Waals surface area contributed by atoms with Crippen molar-refractivity contribution in [1.82, 2.24) is 0 Å². The summed E-state index contributed by atoms with van der Waals surface area (Å²) in [6.07, 6.45) is 0.453. The van der Waals surface area contributed by atoms with Gasteiger partial charge in [-0.3, -0.25) is 4.18 Å². The topological polar surface area (TPSA) is 89.9 Å². The normalized spacial score (nSPS) is 12.9.